The van der Waals surface area contributed by atoms with E-state index in [1.165, 1.54) is 24.3 Å². The third kappa shape index (κ3) is 3.39. The Morgan fingerprint density at radius 2 is 1.82 bits per heavy atom. The van der Waals surface area contributed by atoms with E-state index in [2.05, 4.69) is 16.0 Å². The standard InChI is InChI=1S/C22H19FN4O/c23-18-8-6-16(7-9-18)22(28)27-11-3-10-26(12-13-27)21-17(14-24)15-25-20-5-2-1-4-19(20)21/h1-2,4-9,15H,3,10-13H2. The Bertz CT molecular complexity index is 1060. The largest absolute Gasteiger partial charge is 0.368 e. The molecule has 1 amide bonds. The lowest BCUT2D eigenvalue weighted by molar-refractivity contribution is 0.0767. The first-order valence-electron chi connectivity index (χ1n) is 9.25. The van der Waals surface area contributed by atoms with Crippen molar-refractivity contribution in [3.8, 4) is 6.07 Å². The number of pyridine rings is 1. The molecule has 0 radical (unpaired) electrons. The lowest BCUT2D eigenvalue weighted by Crippen LogP contribution is -2.35. The topological polar surface area (TPSA) is 60.2 Å². The summed E-state index contributed by atoms with van der Waals surface area (Å²) in [7, 11) is 0. The highest BCUT2D eigenvalue weighted by molar-refractivity contribution is 5.95. The predicted octanol–water partition coefficient (Wildman–Crippen LogP) is 3.60. The van der Waals surface area contributed by atoms with Gasteiger partial charge in [-0.05, 0) is 36.8 Å². The van der Waals surface area contributed by atoms with Crippen LogP contribution in [-0.4, -0.2) is 42.0 Å². The second kappa shape index (κ2) is 7.65. The number of hydrogen-bond acceptors (Lipinski definition) is 4. The normalized spacial score (nSPS) is 14.6. The lowest BCUT2D eigenvalue weighted by atomic mass is 10.1. The van der Waals surface area contributed by atoms with Crippen molar-refractivity contribution in [2.75, 3.05) is 31.1 Å². The Hall–Kier alpha value is -3.46. The first-order valence-corrected chi connectivity index (χ1v) is 9.25. The Labute approximate surface area is 162 Å². The van der Waals surface area contributed by atoms with Crippen LogP contribution in [-0.2, 0) is 0 Å². The van der Waals surface area contributed by atoms with Crippen molar-refractivity contribution < 1.29 is 9.18 Å². The van der Waals surface area contributed by atoms with Gasteiger partial charge in [0, 0.05) is 43.3 Å². The van der Waals surface area contributed by atoms with E-state index in [0.29, 0.717) is 30.8 Å². The first kappa shape index (κ1) is 17.9. The van der Waals surface area contributed by atoms with Crippen LogP contribution in [0.3, 0.4) is 0 Å². The molecule has 2 heterocycles. The number of anilines is 1. The van der Waals surface area contributed by atoms with Crippen LogP contribution in [0.4, 0.5) is 10.1 Å². The second-order valence-corrected chi connectivity index (χ2v) is 6.79. The summed E-state index contributed by atoms with van der Waals surface area (Å²) in [5, 5.41) is 10.5. The molecule has 1 aromatic heterocycles. The minimum absolute atomic E-state index is 0.0954. The number of benzene rings is 2. The van der Waals surface area contributed by atoms with Crippen molar-refractivity contribution in [2.45, 2.75) is 6.42 Å². The molecule has 0 atom stereocenters. The van der Waals surface area contributed by atoms with E-state index >= 15 is 0 Å². The summed E-state index contributed by atoms with van der Waals surface area (Å²) in [4.78, 5) is 21.1. The van der Waals surface area contributed by atoms with Crippen molar-refractivity contribution >= 4 is 22.5 Å². The van der Waals surface area contributed by atoms with Crippen LogP contribution in [0.15, 0.2) is 54.7 Å². The van der Waals surface area contributed by atoms with Crippen molar-refractivity contribution in [2.24, 2.45) is 0 Å². The van der Waals surface area contributed by atoms with Gasteiger partial charge in [0.1, 0.15) is 11.9 Å². The van der Waals surface area contributed by atoms with E-state index in [9.17, 15) is 14.4 Å². The Balaban J connectivity index is 1.60. The van der Waals surface area contributed by atoms with E-state index in [-0.39, 0.29) is 11.7 Å². The van der Waals surface area contributed by atoms with Gasteiger partial charge in [0.15, 0.2) is 0 Å². The van der Waals surface area contributed by atoms with E-state index in [0.717, 1.165) is 29.6 Å². The Morgan fingerprint density at radius 1 is 1.04 bits per heavy atom. The number of hydrogen-bond donors (Lipinski definition) is 0. The summed E-state index contributed by atoms with van der Waals surface area (Å²) in [6.07, 6.45) is 2.40. The molecule has 0 N–H and O–H groups in total. The molecule has 0 saturated carbocycles. The van der Waals surface area contributed by atoms with Gasteiger partial charge in [0.2, 0.25) is 0 Å². The molecule has 1 saturated heterocycles. The fourth-order valence-corrected chi connectivity index (χ4v) is 3.67. The summed E-state index contributed by atoms with van der Waals surface area (Å²) in [5.41, 5.74) is 2.75. The van der Waals surface area contributed by atoms with Gasteiger partial charge in [-0.15, -0.1) is 0 Å². The van der Waals surface area contributed by atoms with E-state index in [4.69, 9.17) is 0 Å². The Morgan fingerprint density at radius 3 is 2.61 bits per heavy atom. The molecular weight excluding hydrogens is 355 g/mol. The molecule has 0 aliphatic carbocycles. The number of carbonyl (C=O) groups is 1. The van der Waals surface area contributed by atoms with Gasteiger partial charge < -0.3 is 9.80 Å². The fourth-order valence-electron chi connectivity index (χ4n) is 3.67. The van der Waals surface area contributed by atoms with Gasteiger partial charge in [0.25, 0.3) is 5.91 Å². The molecule has 28 heavy (non-hydrogen) atoms. The molecule has 5 nitrogen and oxygen atoms in total. The summed E-state index contributed by atoms with van der Waals surface area (Å²) in [6.45, 7) is 2.53. The average molecular weight is 374 g/mol. The summed E-state index contributed by atoms with van der Waals surface area (Å²) >= 11 is 0. The van der Waals surface area contributed by atoms with Crippen LogP contribution in [0, 0.1) is 17.1 Å². The molecule has 1 fully saturated rings. The maximum absolute atomic E-state index is 13.1. The van der Waals surface area contributed by atoms with Crippen molar-refractivity contribution in [1.29, 1.82) is 5.26 Å². The van der Waals surface area contributed by atoms with Crippen LogP contribution in [0.1, 0.15) is 22.3 Å². The molecule has 0 spiro atoms. The van der Waals surface area contributed by atoms with E-state index in [1.54, 1.807) is 11.1 Å². The van der Waals surface area contributed by atoms with Crippen LogP contribution < -0.4 is 4.90 Å². The molecule has 140 valence electrons. The Kier molecular flexibility index (Phi) is 4.90. The second-order valence-electron chi connectivity index (χ2n) is 6.79. The van der Waals surface area contributed by atoms with Crippen molar-refractivity contribution in [3.05, 3.63) is 71.7 Å². The predicted molar refractivity (Wildman–Crippen MR) is 106 cm³/mol. The molecule has 1 aliphatic heterocycles. The van der Waals surface area contributed by atoms with Crippen molar-refractivity contribution in [1.82, 2.24) is 9.88 Å². The molecule has 0 unspecified atom stereocenters. The smallest absolute Gasteiger partial charge is 0.253 e. The number of nitrogens with zero attached hydrogens (tertiary/aromatic N) is 4. The van der Waals surface area contributed by atoms with Gasteiger partial charge in [-0.2, -0.15) is 5.26 Å². The van der Waals surface area contributed by atoms with Gasteiger partial charge in [-0.25, -0.2) is 4.39 Å². The highest BCUT2D eigenvalue weighted by Crippen LogP contribution is 2.30. The minimum atomic E-state index is -0.354. The molecule has 6 heteroatoms. The van der Waals surface area contributed by atoms with Gasteiger partial charge in [0.05, 0.1) is 16.8 Å². The summed E-state index contributed by atoms with van der Waals surface area (Å²) in [5.74, 6) is -0.450. The van der Waals surface area contributed by atoms with Crippen LogP contribution in [0.25, 0.3) is 10.9 Å². The number of amides is 1. The molecule has 4 rings (SSSR count). The first-order chi connectivity index (χ1) is 13.7. The number of halogens is 1. The van der Waals surface area contributed by atoms with Gasteiger partial charge in [-0.1, -0.05) is 18.2 Å². The molecular formula is C22H19FN4O. The number of para-hydroxylation sites is 1. The number of carbonyl (C=O) groups excluding carboxylic acids is 1. The summed E-state index contributed by atoms with van der Waals surface area (Å²) in [6, 6.07) is 15.7. The molecule has 2 aromatic carbocycles. The maximum atomic E-state index is 13.1. The number of nitriles is 1. The monoisotopic (exact) mass is 374 g/mol. The molecule has 1 aliphatic rings. The highest BCUT2D eigenvalue weighted by Gasteiger charge is 2.23. The number of rotatable bonds is 2. The van der Waals surface area contributed by atoms with E-state index < -0.39 is 0 Å². The average Bonchev–Trinajstić information content (AvgIpc) is 2.99. The van der Waals surface area contributed by atoms with E-state index in [1.807, 2.05) is 24.3 Å². The fraction of sp³-hybridized carbons (Fsp3) is 0.227. The molecule has 3 aromatic rings. The maximum Gasteiger partial charge on any atom is 0.253 e. The zero-order chi connectivity index (χ0) is 19.5. The minimum Gasteiger partial charge on any atom is -0.368 e. The SMILES string of the molecule is N#Cc1cnc2ccccc2c1N1CCCN(C(=O)c2ccc(F)cc2)CC1. The number of fused-ring (bicyclic) bond motifs is 1. The lowest BCUT2D eigenvalue weighted by Gasteiger charge is -2.25. The van der Waals surface area contributed by atoms with Crippen LogP contribution in [0.2, 0.25) is 0 Å². The van der Waals surface area contributed by atoms with Gasteiger partial charge in [-0.3, -0.25) is 9.78 Å². The number of aromatic nitrogens is 1. The van der Waals surface area contributed by atoms with Gasteiger partial charge >= 0.3 is 0 Å². The third-order valence-electron chi connectivity index (χ3n) is 5.06. The third-order valence-corrected chi connectivity index (χ3v) is 5.06. The highest BCUT2D eigenvalue weighted by atomic mass is 19.1. The van der Waals surface area contributed by atoms with Crippen LogP contribution >= 0.6 is 0 Å². The quantitative estimate of drug-likeness (QED) is 0.688. The molecule has 0 bridgehead atoms. The zero-order valence-electron chi connectivity index (χ0n) is 15.3. The zero-order valence-corrected chi connectivity index (χ0v) is 15.3. The van der Waals surface area contributed by atoms with Crippen molar-refractivity contribution in [3.63, 3.8) is 0 Å². The summed E-state index contributed by atoms with van der Waals surface area (Å²) < 4.78 is 13.1. The van der Waals surface area contributed by atoms with Crippen LogP contribution in [0.5, 0.6) is 0 Å².